The zero-order valence-electron chi connectivity index (χ0n) is 15.0. The van der Waals surface area contributed by atoms with E-state index in [9.17, 15) is 9.59 Å². The maximum atomic E-state index is 12.9. The molecule has 3 aliphatic rings. The second-order valence-corrected chi connectivity index (χ2v) is 7.40. The maximum Gasteiger partial charge on any atom is 0.296 e. The number of pyridine rings is 1. The van der Waals surface area contributed by atoms with E-state index in [4.69, 9.17) is 0 Å². The molecule has 2 bridgehead atoms. The number of fused-ring (bicyclic) bond motifs is 4. The fourth-order valence-corrected chi connectivity index (χ4v) is 4.21. The third-order valence-electron chi connectivity index (χ3n) is 5.53. The molecule has 3 saturated heterocycles. The Balaban J connectivity index is 1.49. The van der Waals surface area contributed by atoms with Crippen molar-refractivity contribution in [1.82, 2.24) is 19.4 Å². The van der Waals surface area contributed by atoms with Crippen LogP contribution < -0.4 is 0 Å². The molecule has 0 N–H and O–H groups in total. The first-order valence-electron chi connectivity index (χ1n) is 9.20. The summed E-state index contributed by atoms with van der Waals surface area (Å²) in [7, 11) is 1.80. The van der Waals surface area contributed by atoms with E-state index in [-0.39, 0.29) is 11.9 Å². The van der Waals surface area contributed by atoms with E-state index in [0.717, 1.165) is 38.2 Å². The molecule has 2 atom stereocenters. The minimum absolute atomic E-state index is 0.106. The lowest BCUT2D eigenvalue weighted by molar-refractivity contribution is -0.130. The Morgan fingerprint density at radius 2 is 2.00 bits per heavy atom. The number of piperidine rings is 1. The van der Waals surface area contributed by atoms with E-state index in [1.54, 1.807) is 29.9 Å². The summed E-state index contributed by atoms with van der Waals surface area (Å²) in [5.74, 6) is -0.342. The molecule has 0 aromatic carbocycles. The minimum Gasteiger partial charge on any atom is -0.348 e. The van der Waals surface area contributed by atoms with Crippen LogP contribution in [0.3, 0.4) is 0 Å². The molecule has 6 nitrogen and oxygen atoms in total. The highest BCUT2D eigenvalue weighted by Crippen LogP contribution is 2.29. The SMILES string of the molecule is Cn1cccc1C(=O)C(=O)N1C[C@H]2CC[C@@H]1CN(Cc1ccccn1)C2. The van der Waals surface area contributed by atoms with Gasteiger partial charge in [-0.15, -0.1) is 0 Å². The van der Waals surface area contributed by atoms with Gasteiger partial charge < -0.3 is 9.47 Å². The predicted octanol–water partition coefficient (Wildman–Crippen LogP) is 1.73. The topological polar surface area (TPSA) is 58.4 Å². The van der Waals surface area contributed by atoms with E-state index < -0.39 is 5.78 Å². The summed E-state index contributed by atoms with van der Waals surface area (Å²) in [6, 6.07) is 9.57. The van der Waals surface area contributed by atoms with Crippen LogP contribution in [0.4, 0.5) is 0 Å². The van der Waals surface area contributed by atoms with Crippen LogP contribution in [-0.4, -0.2) is 56.7 Å². The van der Waals surface area contributed by atoms with E-state index in [0.29, 0.717) is 18.2 Å². The van der Waals surface area contributed by atoms with Gasteiger partial charge in [-0.3, -0.25) is 19.5 Å². The van der Waals surface area contributed by atoms with Crippen LogP contribution in [0.5, 0.6) is 0 Å². The smallest absolute Gasteiger partial charge is 0.296 e. The van der Waals surface area contributed by atoms with Crippen LogP contribution in [0.25, 0.3) is 0 Å². The largest absolute Gasteiger partial charge is 0.348 e. The Bertz CT molecular complexity index is 801. The van der Waals surface area contributed by atoms with Gasteiger partial charge in [0.05, 0.1) is 11.4 Å². The van der Waals surface area contributed by atoms with Crippen LogP contribution in [0, 0.1) is 5.92 Å². The minimum atomic E-state index is -0.402. The second-order valence-electron chi connectivity index (χ2n) is 7.40. The average Bonchev–Trinajstić information content (AvgIpc) is 2.89. The average molecular weight is 352 g/mol. The van der Waals surface area contributed by atoms with Gasteiger partial charge in [-0.1, -0.05) is 6.07 Å². The number of rotatable bonds is 4. The molecule has 0 radical (unpaired) electrons. The quantitative estimate of drug-likeness (QED) is 0.621. The van der Waals surface area contributed by atoms with Crippen molar-refractivity contribution >= 4 is 11.7 Å². The first-order chi connectivity index (χ1) is 12.6. The van der Waals surface area contributed by atoms with Crippen molar-refractivity contribution in [3.63, 3.8) is 0 Å². The van der Waals surface area contributed by atoms with Gasteiger partial charge in [0.1, 0.15) is 0 Å². The van der Waals surface area contributed by atoms with Gasteiger partial charge in [-0.05, 0) is 43.0 Å². The van der Waals surface area contributed by atoms with Crippen molar-refractivity contribution in [3.8, 4) is 0 Å². The summed E-state index contributed by atoms with van der Waals surface area (Å²) < 4.78 is 1.71. The van der Waals surface area contributed by atoms with Crippen LogP contribution in [0.2, 0.25) is 0 Å². The number of aryl methyl sites for hydroxylation is 1. The lowest BCUT2D eigenvalue weighted by Crippen LogP contribution is -2.50. The standard InChI is InChI=1S/C20H24N4O2/c1-22-10-4-6-18(22)19(25)20(26)24-12-15-7-8-17(24)14-23(11-15)13-16-5-2-3-9-21-16/h2-6,9-10,15,17H,7-8,11-14H2,1H3/t15-,17+/m0/s1. The molecule has 5 rings (SSSR count). The Kier molecular flexibility index (Phi) is 4.59. The van der Waals surface area contributed by atoms with Gasteiger partial charge in [-0.25, -0.2) is 0 Å². The molecule has 2 aromatic heterocycles. The second kappa shape index (κ2) is 7.03. The highest BCUT2D eigenvalue weighted by molar-refractivity contribution is 6.42. The molecule has 136 valence electrons. The predicted molar refractivity (Wildman–Crippen MR) is 97.5 cm³/mol. The zero-order valence-corrected chi connectivity index (χ0v) is 15.0. The number of carbonyl (C=O) groups excluding carboxylic acids is 2. The Hall–Kier alpha value is -2.47. The number of amides is 1. The van der Waals surface area contributed by atoms with Gasteiger partial charge in [-0.2, -0.15) is 0 Å². The van der Waals surface area contributed by atoms with Crippen molar-refractivity contribution in [1.29, 1.82) is 0 Å². The van der Waals surface area contributed by atoms with Crippen LogP contribution in [0.1, 0.15) is 29.0 Å². The fraction of sp³-hybridized carbons (Fsp3) is 0.450. The third kappa shape index (κ3) is 3.29. The Labute approximate surface area is 153 Å². The van der Waals surface area contributed by atoms with E-state index in [1.807, 2.05) is 29.3 Å². The van der Waals surface area contributed by atoms with Crippen molar-refractivity contribution in [3.05, 3.63) is 54.1 Å². The highest BCUT2D eigenvalue weighted by Gasteiger charge is 2.39. The molecular weight excluding hydrogens is 328 g/mol. The molecule has 0 aliphatic carbocycles. The number of Topliss-reactive ketones (excluding diaryl/α,β-unsaturated/α-hetero) is 1. The fourth-order valence-electron chi connectivity index (χ4n) is 4.21. The summed E-state index contributed by atoms with van der Waals surface area (Å²) >= 11 is 0. The molecule has 5 heterocycles. The van der Waals surface area contributed by atoms with Crippen molar-refractivity contribution in [2.45, 2.75) is 25.4 Å². The summed E-state index contributed by atoms with van der Waals surface area (Å²) in [6.45, 7) is 3.23. The normalized spacial score (nSPS) is 23.0. The molecule has 3 aliphatic heterocycles. The number of ketones is 1. The first kappa shape index (κ1) is 17.0. The highest BCUT2D eigenvalue weighted by atomic mass is 16.2. The molecule has 3 fully saturated rings. The van der Waals surface area contributed by atoms with E-state index in [1.165, 1.54) is 0 Å². The molecule has 0 spiro atoms. The van der Waals surface area contributed by atoms with E-state index >= 15 is 0 Å². The number of hydrogen-bond acceptors (Lipinski definition) is 4. The third-order valence-corrected chi connectivity index (χ3v) is 5.53. The molecule has 0 saturated carbocycles. The molecule has 6 heteroatoms. The van der Waals surface area contributed by atoms with Crippen LogP contribution in [-0.2, 0) is 18.4 Å². The van der Waals surface area contributed by atoms with Gasteiger partial charge >= 0.3 is 0 Å². The number of hydrogen-bond donors (Lipinski definition) is 0. The van der Waals surface area contributed by atoms with Crippen molar-refractivity contribution in [2.75, 3.05) is 19.6 Å². The maximum absolute atomic E-state index is 12.9. The van der Waals surface area contributed by atoms with Gasteiger partial charge in [0.15, 0.2) is 0 Å². The first-order valence-corrected chi connectivity index (χ1v) is 9.20. The lowest BCUT2D eigenvalue weighted by Gasteiger charge is -2.35. The monoisotopic (exact) mass is 352 g/mol. The van der Waals surface area contributed by atoms with Gasteiger partial charge in [0.2, 0.25) is 0 Å². The van der Waals surface area contributed by atoms with Gasteiger partial charge in [0, 0.05) is 51.7 Å². The molecule has 2 aromatic rings. The summed E-state index contributed by atoms with van der Waals surface area (Å²) in [6.07, 6.45) is 5.70. The summed E-state index contributed by atoms with van der Waals surface area (Å²) in [5, 5.41) is 0. The summed E-state index contributed by atoms with van der Waals surface area (Å²) in [5.41, 5.74) is 1.51. The molecule has 26 heavy (non-hydrogen) atoms. The van der Waals surface area contributed by atoms with Crippen LogP contribution in [0.15, 0.2) is 42.7 Å². The Morgan fingerprint density at radius 1 is 1.12 bits per heavy atom. The lowest BCUT2D eigenvalue weighted by atomic mass is 9.94. The van der Waals surface area contributed by atoms with E-state index in [2.05, 4.69) is 9.88 Å². The Morgan fingerprint density at radius 3 is 2.73 bits per heavy atom. The molecule has 1 amide bonds. The van der Waals surface area contributed by atoms with Crippen molar-refractivity contribution < 1.29 is 9.59 Å². The van der Waals surface area contributed by atoms with Crippen molar-refractivity contribution in [2.24, 2.45) is 13.0 Å². The van der Waals surface area contributed by atoms with Gasteiger partial charge in [0.25, 0.3) is 11.7 Å². The number of nitrogens with zero attached hydrogens (tertiary/aromatic N) is 4. The molecular formula is C20H24N4O2. The number of carbonyl (C=O) groups is 2. The zero-order chi connectivity index (χ0) is 18.1. The number of aromatic nitrogens is 2. The van der Waals surface area contributed by atoms with Crippen LogP contribution >= 0.6 is 0 Å². The molecule has 0 unspecified atom stereocenters. The summed E-state index contributed by atoms with van der Waals surface area (Å²) in [4.78, 5) is 34.2.